The molecular formula is C12H24N2O2. The standard InChI is InChI=1S/C12H24N2O2/c1-9-5-6-10(7-13-9)11(16)14(4)12(2,3)8-15/h9-10,13,15H,5-8H2,1-4H3. The highest BCUT2D eigenvalue weighted by atomic mass is 16.3. The second-order valence-corrected chi connectivity index (χ2v) is 5.45. The van der Waals surface area contributed by atoms with E-state index in [1.807, 2.05) is 13.8 Å². The van der Waals surface area contributed by atoms with Gasteiger partial charge < -0.3 is 15.3 Å². The van der Waals surface area contributed by atoms with Crippen molar-refractivity contribution in [3.05, 3.63) is 0 Å². The van der Waals surface area contributed by atoms with E-state index in [0.717, 1.165) is 19.4 Å². The van der Waals surface area contributed by atoms with Crippen LogP contribution in [-0.4, -0.2) is 47.7 Å². The Morgan fingerprint density at radius 1 is 1.50 bits per heavy atom. The van der Waals surface area contributed by atoms with E-state index < -0.39 is 5.54 Å². The zero-order valence-corrected chi connectivity index (χ0v) is 10.8. The minimum Gasteiger partial charge on any atom is -0.394 e. The Morgan fingerprint density at radius 3 is 2.56 bits per heavy atom. The summed E-state index contributed by atoms with van der Waals surface area (Å²) in [6.07, 6.45) is 1.99. The lowest BCUT2D eigenvalue weighted by molar-refractivity contribution is -0.141. The zero-order valence-electron chi connectivity index (χ0n) is 10.8. The second kappa shape index (κ2) is 5.15. The van der Waals surface area contributed by atoms with Crippen LogP contribution in [0.5, 0.6) is 0 Å². The van der Waals surface area contributed by atoms with Gasteiger partial charge in [-0.2, -0.15) is 0 Å². The summed E-state index contributed by atoms with van der Waals surface area (Å²) in [6.45, 7) is 6.65. The fraction of sp³-hybridized carbons (Fsp3) is 0.917. The van der Waals surface area contributed by atoms with Gasteiger partial charge in [0.05, 0.1) is 18.1 Å². The molecule has 0 aromatic carbocycles. The van der Waals surface area contributed by atoms with Crippen molar-refractivity contribution in [2.45, 2.75) is 45.2 Å². The topological polar surface area (TPSA) is 52.6 Å². The molecule has 1 fully saturated rings. The number of piperidine rings is 1. The smallest absolute Gasteiger partial charge is 0.227 e. The molecule has 1 aliphatic heterocycles. The van der Waals surface area contributed by atoms with Gasteiger partial charge in [0, 0.05) is 19.6 Å². The SMILES string of the molecule is CC1CCC(C(=O)N(C)C(C)(C)CO)CN1. The van der Waals surface area contributed by atoms with Crippen LogP contribution in [-0.2, 0) is 4.79 Å². The van der Waals surface area contributed by atoms with E-state index in [1.54, 1.807) is 11.9 Å². The van der Waals surface area contributed by atoms with Crippen molar-refractivity contribution < 1.29 is 9.90 Å². The van der Waals surface area contributed by atoms with Crippen LogP contribution >= 0.6 is 0 Å². The maximum atomic E-state index is 12.2. The average molecular weight is 228 g/mol. The Hall–Kier alpha value is -0.610. The minimum absolute atomic E-state index is 0.00814. The predicted molar refractivity (Wildman–Crippen MR) is 64.1 cm³/mol. The summed E-state index contributed by atoms with van der Waals surface area (Å²) in [6, 6.07) is 0.514. The van der Waals surface area contributed by atoms with E-state index in [4.69, 9.17) is 0 Å². The molecule has 2 atom stereocenters. The number of aliphatic hydroxyl groups excluding tert-OH is 1. The Labute approximate surface area is 98.0 Å². The molecule has 4 nitrogen and oxygen atoms in total. The van der Waals surface area contributed by atoms with Gasteiger partial charge >= 0.3 is 0 Å². The molecule has 94 valence electrons. The number of nitrogens with zero attached hydrogens (tertiary/aromatic N) is 1. The third-order valence-corrected chi connectivity index (χ3v) is 3.64. The normalized spacial score (nSPS) is 26.6. The lowest BCUT2D eigenvalue weighted by atomic mass is 9.92. The number of rotatable bonds is 3. The molecule has 16 heavy (non-hydrogen) atoms. The number of amides is 1. The van der Waals surface area contributed by atoms with E-state index in [0.29, 0.717) is 6.04 Å². The maximum absolute atomic E-state index is 12.2. The fourth-order valence-electron chi connectivity index (χ4n) is 1.89. The van der Waals surface area contributed by atoms with Crippen molar-refractivity contribution in [1.82, 2.24) is 10.2 Å². The summed E-state index contributed by atoms with van der Waals surface area (Å²) in [7, 11) is 1.77. The van der Waals surface area contributed by atoms with Crippen molar-refractivity contribution in [2.24, 2.45) is 5.92 Å². The van der Waals surface area contributed by atoms with Gasteiger partial charge in [0.1, 0.15) is 0 Å². The monoisotopic (exact) mass is 228 g/mol. The summed E-state index contributed by atoms with van der Waals surface area (Å²) < 4.78 is 0. The van der Waals surface area contributed by atoms with Crippen LogP contribution in [0.2, 0.25) is 0 Å². The van der Waals surface area contributed by atoms with Gasteiger partial charge in [0.25, 0.3) is 0 Å². The number of carbonyl (C=O) groups is 1. The highest BCUT2D eigenvalue weighted by Crippen LogP contribution is 2.20. The summed E-state index contributed by atoms with van der Waals surface area (Å²) in [5, 5.41) is 12.6. The first-order chi connectivity index (χ1) is 7.38. The third-order valence-electron chi connectivity index (χ3n) is 3.64. The van der Waals surface area contributed by atoms with Crippen LogP contribution in [0.4, 0.5) is 0 Å². The van der Waals surface area contributed by atoms with Gasteiger partial charge in [-0.25, -0.2) is 0 Å². The van der Waals surface area contributed by atoms with Crippen molar-refractivity contribution in [3.8, 4) is 0 Å². The van der Waals surface area contributed by atoms with Crippen LogP contribution in [0.25, 0.3) is 0 Å². The van der Waals surface area contributed by atoms with Gasteiger partial charge in [0.15, 0.2) is 0 Å². The molecule has 0 aromatic heterocycles. The molecule has 0 aliphatic carbocycles. The fourth-order valence-corrected chi connectivity index (χ4v) is 1.89. The Bertz CT molecular complexity index is 245. The lowest BCUT2D eigenvalue weighted by Crippen LogP contribution is -2.52. The Kier molecular flexibility index (Phi) is 4.33. The lowest BCUT2D eigenvalue weighted by Gasteiger charge is -2.38. The average Bonchev–Trinajstić information content (AvgIpc) is 2.28. The molecule has 1 amide bonds. The molecule has 2 N–H and O–H groups in total. The van der Waals surface area contributed by atoms with E-state index in [2.05, 4.69) is 12.2 Å². The van der Waals surface area contributed by atoms with E-state index in [1.165, 1.54) is 0 Å². The van der Waals surface area contributed by atoms with Crippen LogP contribution in [0, 0.1) is 5.92 Å². The van der Waals surface area contributed by atoms with E-state index >= 15 is 0 Å². The van der Waals surface area contributed by atoms with Crippen LogP contribution < -0.4 is 5.32 Å². The summed E-state index contributed by atoms with van der Waals surface area (Å²) in [5.41, 5.74) is -0.472. The largest absolute Gasteiger partial charge is 0.394 e. The van der Waals surface area contributed by atoms with Crippen molar-refractivity contribution in [1.29, 1.82) is 0 Å². The minimum atomic E-state index is -0.472. The maximum Gasteiger partial charge on any atom is 0.227 e. The summed E-state index contributed by atoms with van der Waals surface area (Å²) in [5.74, 6) is 0.200. The van der Waals surface area contributed by atoms with Crippen molar-refractivity contribution in [3.63, 3.8) is 0 Å². The van der Waals surface area contributed by atoms with Gasteiger partial charge in [-0.15, -0.1) is 0 Å². The molecule has 1 aliphatic rings. The molecule has 0 aromatic rings. The van der Waals surface area contributed by atoms with Gasteiger partial charge in [0.2, 0.25) is 5.91 Å². The van der Waals surface area contributed by atoms with Crippen molar-refractivity contribution >= 4 is 5.91 Å². The Morgan fingerprint density at radius 2 is 2.12 bits per heavy atom. The molecule has 0 saturated carbocycles. The zero-order chi connectivity index (χ0) is 12.3. The number of hydrogen-bond acceptors (Lipinski definition) is 3. The molecule has 1 rings (SSSR count). The van der Waals surface area contributed by atoms with Crippen LogP contribution in [0.3, 0.4) is 0 Å². The van der Waals surface area contributed by atoms with Gasteiger partial charge in [-0.3, -0.25) is 4.79 Å². The molecule has 0 spiro atoms. The second-order valence-electron chi connectivity index (χ2n) is 5.45. The number of nitrogens with one attached hydrogen (secondary N) is 1. The third kappa shape index (κ3) is 2.95. The number of carbonyl (C=O) groups excluding carboxylic acids is 1. The quantitative estimate of drug-likeness (QED) is 0.744. The molecule has 1 saturated heterocycles. The molecule has 1 heterocycles. The van der Waals surface area contributed by atoms with E-state index in [9.17, 15) is 9.90 Å². The molecule has 4 heteroatoms. The first-order valence-corrected chi connectivity index (χ1v) is 6.00. The first kappa shape index (κ1) is 13.5. The van der Waals surface area contributed by atoms with Crippen LogP contribution in [0.15, 0.2) is 0 Å². The predicted octanol–water partition coefficient (Wildman–Crippen LogP) is 0.604. The van der Waals surface area contributed by atoms with Crippen LogP contribution in [0.1, 0.15) is 33.6 Å². The molecule has 0 bridgehead atoms. The number of aliphatic hydroxyl groups is 1. The highest BCUT2D eigenvalue weighted by Gasteiger charge is 2.32. The van der Waals surface area contributed by atoms with Crippen molar-refractivity contribution in [2.75, 3.05) is 20.2 Å². The van der Waals surface area contributed by atoms with Gasteiger partial charge in [-0.1, -0.05) is 0 Å². The van der Waals surface area contributed by atoms with Gasteiger partial charge in [-0.05, 0) is 33.6 Å². The highest BCUT2D eigenvalue weighted by molar-refractivity contribution is 5.79. The summed E-state index contributed by atoms with van der Waals surface area (Å²) in [4.78, 5) is 13.9. The summed E-state index contributed by atoms with van der Waals surface area (Å²) >= 11 is 0. The molecule has 2 unspecified atom stereocenters. The number of hydrogen-bond donors (Lipinski definition) is 2. The number of likely N-dealkylation sites (N-methyl/N-ethyl adjacent to an activating group) is 1. The molecule has 0 radical (unpaired) electrons. The first-order valence-electron chi connectivity index (χ1n) is 6.00. The molecular weight excluding hydrogens is 204 g/mol. The van der Waals surface area contributed by atoms with E-state index in [-0.39, 0.29) is 18.4 Å². The Balaban J connectivity index is 2.57.